The largest absolute Gasteiger partial charge is 0.494 e. The van der Waals surface area contributed by atoms with Crippen LogP contribution >= 0.6 is 0 Å². The minimum Gasteiger partial charge on any atom is -0.494 e. The molecule has 0 aliphatic carbocycles. The predicted molar refractivity (Wildman–Crippen MR) is 206 cm³/mol. The van der Waals surface area contributed by atoms with Gasteiger partial charge in [0.2, 0.25) is 5.91 Å². The predicted octanol–water partition coefficient (Wildman–Crippen LogP) is 7.74. The van der Waals surface area contributed by atoms with Crippen LogP contribution in [0.15, 0.2) is 79.1 Å². The second-order valence-corrected chi connectivity index (χ2v) is 14.7. The maximum Gasteiger partial charge on any atom is 0.310 e. The number of benzene rings is 3. The highest BCUT2D eigenvalue weighted by Gasteiger charge is 2.39. The summed E-state index contributed by atoms with van der Waals surface area (Å²) in [5.41, 5.74) is 4.72. The van der Waals surface area contributed by atoms with E-state index in [0.29, 0.717) is 23.7 Å². The highest BCUT2D eigenvalue weighted by molar-refractivity contribution is 6.00. The molecule has 0 saturated carbocycles. The molecule has 10 nitrogen and oxygen atoms in total. The summed E-state index contributed by atoms with van der Waals surface area (Å²) < 4.78 is 11.8. The minimum atomic E-state index is -0.938. The van der Waals surface area contributed by atoms with Crippen molar-refractivity contribution in [3.8, 4) is 34.0 Å². The van der Waals surface area contributed by atoms with E-state index in [1.807, 2.05) is 67.6 Å². The fraction of sp³-hybridized carbons (Fsp3) is 0.419. The van der Waals surface area contributed by atoms with E-state index < -0.39 is 23.8 Å². The highest BCUT2D eigenvalue weighted by atomic mass is 16.5. The van der Waals surface area contributed by atoms with Crippen molar-refractivity contribution in [1.82, 2.24) is 20.2 Å². The molecule has 1 fully saturated rings. The molecule has 0 bridgehead atoms. The molecule has 53 heavy (non-hydrogen) atoms. The molecule has 2 N–H and O–H groups in total. The van der Waals surface area contributed by atoms with Crippen LogP contribution in [-0.2, 0) is 21.4 Å². The summed E-state index contributed by atoms with van der Waals surface area (Å²) in [6.45, 7) is 11.6. The number of hydrogen-bond donors (Lipinski definition) is 2. The Bertz CT molecular complexity index is 1830. The third kappa shape index (κ3) is 10.4. The molecule has 0 radical (unpaired) electrons. The first-order chi connectivity index (χ1) is 25.5. The molecule has 1 atom stereocenters. The Balaban J connectivity index is 1.26. The third-order valence-electron chi connectivity index (χ3n) is 9.55. The maximum atomic E-state index is 13.7. The van der Waals surface area contributed by atoms with Crippen LogP contribution in [0.1, 0.15) is 88.2 Å². The summed E-state index contributed by atoms with van der Waals surface area (Å²) in [5, 5.41) is 12.3. The van der Waals surface area contributed by atoms with Gasteiger partial charge in [0.25, 0.3) is 5.91 Å². The Kier molecular flexibility index (Phi) is 13.2. The van der Waals surface area contributed by atoms with E-state index in [9.17, 15) is 19.5 Å². The Morgan fingerprint density at radius 2 is 1.51 bits per heavy atom. The summed E-state index contributed by atoms with van der Waals surface area (Å²) in [6.07, 6.45) is 9.81. The number of rotatable bonds is 17. The Morgan fingerprint density at radius 3 is 2.13 bits per heavy atom. The number of carboxylic acid groups (broad SMARTS) is 1. The number of carboxylic acids is 1. The van der Waals surface area contributed by atoms with Crippen LogP contribution < -0.4 is 14.8 Å². The third-order valence-corrected chi connectivity index (χ3v) is 9.55. The molecule has 1 aliphatic heterocycles. The summed E-state index contributed by atoms with van der Waals surface area (Å²) in [7, 11) is 0. The number of aromatic nitrogens is 2. The normalized spacial score (nSPS) is 13.6. The van der Waals surface area contributed by atoms with Crippen molar-refractivity contribution < 1.29 is 29.0 Å². The van der Waals surface area contributed by atoms with Gasteiger partial charge in [0.05, 0.1) is 24.7 Å². The van der Waals surface area contributed by atoms with Gasteiger partial charge in [-0.2, -0.15) is 0 Å². The lowest BCUT2D eigenvalue weighted by atomic mass is 9.86. The Morgan fingerprint density at radius 1 is 0.849 bits per heavy atom. The molecule has 3 aromatic carbocycles. The smallest absolute Gasteiger partial charge is 0.310 e. The topological polar surface area (TPSA) is 131 Å². The van der Waals surface area contributed by atoms with Crippen molar-refractivity contribution in [2.45, 2.75) is 84.6 Å². The van der Waals surface area contributed by atoms with E-state index >= 15 is 0 Å². The van der Waals surface area contributed by atoms with Crippen molar-refractivity contribution in [3.05, 3.63) is 95.8 Å². The lowest BCUT2D eigenvalue weighted by Gasteiger charge is -2.39. The fourth-order valence-corrected chi connectivity index (χ4v) is 6.21. The minimum absolute atomic E-state index is 0.106. The molecule has 1 aromatic heterocycles. The lowest BCUT2D eigenvalue weighted by molar-refractivity contribution is -0.153. The lowest BCUT2D eigenvalue weighted by Crippen LogP contribution is -2.59. The first-order valence-corrected chi connectivity index (χ1v) is 18.7. The van der Waals surface area contributed by atoms with Crippen molar-refractivity contribution in [1.29, 1.82) is 0 Å². The number of hydrogen-bond acceptors (Lipinski definition) is 7. The van der Waals surface area contributed by atoms with Gasteiger partial charge in [-0.25, -0.2) is 9.97 Å². The number of amides is 2. The summed E-state index contributed by atoms with van der Waals surface area (Å²) in [5.74, 6) is -0.455. The number of carbonyl (C=O) groups excluding carboxylic acids is 2. The van der Waals surface area contributed by atoms with Crippen LogP contribution in [0, 0.1) is 5.92 Å². The van der Waals surface area contributed by atoms with Crippen LogP contribution in [0.3, 0.4) is 0 Å². The average Bonchev–Trinajstić information content (AvgIpc) is 3.12. The van der Waals surface area contributed by atoms with Crippen molar-refractivity contribution in [2.75, 3.05) is 26.3 Å². The van der Waals surface area contributed by atoms with Crippen LogP contribution in [-0.4, -0.2) is 70.1 Å². The van der Waals surface area contributed by atoms with E-state index in [0.717, 1.165) is 46.6 Å². The Labute approximate surface area is 313 Å². The second kappa shape index (κ2) is 18.0. The first kappa shape index (κ1) is 39.0. The van der Waals surface area contributed by atoms with Gasteiger partial charge in [0, 0.05) is 43.0 Å². The van der Waals surface area contributed by atoms with E-state index in [4.69, 9.17) is 9.47 Å². The molecular formula is C43H52N4O6. The van der Waals surface area contributed by atoms with Gasteiger partial charge < -0.3 is 24.8 Å². The van der Waals surface area contributed by atoms with Crippen molar-refractivity contribution in [2.24, 2.45) is 5.92 Å². The summed E-state index contributed by atoms with van der Waals surface area (Å²) >= 11 is 0. The van der Waals surface area contributed by atoms with Crippen LogP contribution in [0.4, 0.5) is 0 Å². The molecule has 5 rings (SSSR count). The van der Waals surface area contributed by atoms with Gasteiger partial charge in [0.15, 0.2) is 5.82 Å². The molecule has 280 valence electrons. The summed E-state index contributed by atoms with van der Waals surface area (Å²) in [6, 6.07) is 20.1. The standard InChI is InChI=1S/C43H52N4O6/c1-6-8-9-10-11-22-53-35-19-16-30(17-20-35)32-25-44-39(45-26-32)31-14-12-29(13-15-31)23-37(41(49)47-27-33(28-47)42(50)51)46-40(48)36-21-18-34(43(3,4)5)24-38(36)52-7-2/h12-21,24-26,33,37H,6-11,22-23,27-28H2,1-5H3,(H,46,48)(H,50,51)/t37-/m0/s1. The quantitative estimate of drug-likeness (QED) is 0.106. The molecule has 0 unspecified atom stereocenters. The number of nitrogens with zero attached hydrogens (tertiary/aromatic N) is 3. The molecule has 10 heteroatoms. The van der Waals surface area contributed by atoms with Gasteiger partial charge in [-0.1, -0.05) is 95.8 Å². The van der Waals surface area contributed by atoms with Gasteiger partial charge in [-0.3, -0.25) is 14.4 Å². The zero-order valence-electron chi connectivity index (χ0n) is 31.6. The SMILES string of the molecule is CCCCCCCOc1ccc(-c2cnc(-c3ccc(C[C@H](NC(=O)c4ccc(C(C)(C)C)cc4OCC)C(=O)N4CC(C(=O)O)C4)cc3)nc2)cc1. The van der Waals surface area contributed by atoms with Gasteiger partial charge >= 0.3 is 5.97 Å². The first-order valence-electron chi connectivity index (χ1n) is 18.7. The molecule has 1 saturated heterocycles. The van der Waals surface area contributed by atoms with Gasteiger partial charge in [-0.05, 0) is 59.7 Å². The number of unbranched alkanes of at least 4 members (excludes halogenated alkanes) is 4. The van der Waals surface area contributed by atoms with Gasteiger partial charge in [0.1, 0.15) is 17.5 Å². The van der Waals surface area contributed by atoms with E-state index in [-0.39, 0.29) is 30.8 Å². The van der Waals surface area contributed by atoms with Gasteiger partial charge in [-0.15, -0.1) is 0 Å². The number of ether oxygens (including phenoxy) is 2. The van der Waals surface area contributed by atoms with Crippen molar-refractivity contribution in [3.63, 3.8) is 0 Å². The van der Waals surface area contributed by atoms with E-state index in [2.05, 4.69) is 43.0 Å². The molecule has 2 amide bonds. The van der Waals surface area contributed by atoms with Crippen LogP contribution in [0.5, 0.6) is 11.5 Å². The average molecular weight is 721 g/mol. The maximum absolute atomic E-state index is 13.7. The van der Waals surface area contributed by atoms with Crippen molar-refractivity contribution >= 4 is 17.8 Å². The van der Waals surface area contributed by atoms with E-state index in [1.54, 1.807) is 18.5 Å². The monoisotopic (exact) mass is 720 g/mol. The molecular weight excluding hydrogens is 668 g/mol. The number of aliphatic carboxylic acids is 1. The van der Waals surface area contributed by atoms with Crippen LogP contribution in [0.2, 0.25) is 0 Å². The van der Waals surface area contributed by atoms with Crippen LogP contribution in [0.25, 0.3) is 22.5 Å². The zero-order valence-corrected chi connectivity index (χ0v) is 31.6. The number of carbonyl (C=O) groups is 3. The fourth-order valence-electron chi connectivity index (χ4n) is 6.21. The molecule has 0 spiro atoms. The number of nitrogens with one attached hydrogen (secondary N) is 1. The molecule has 1 aliphatic rings. The molecule has 2 heterocycles. The number of likely N-dealkylation sites (tertiary alicyclic amines) is 1. The Hall–Kier alpha value is -5.25. The van der Waals surface area contributed by atoms with E-state index in [1.165, 1.54) is 30.6 Å². The highest BCUT2D eigenvalue weighted by Crippen LogP contribution is 2.30. The molecule has 4 aromatic rings. The summed E-state index contributed by atoms with van der Waals surface area (Å²) in [4.78, 5) is 49.5. The second-order valence-electron chi connectivity index (χ2n) is 14.7. The zero-order chi connectivity index (χ0) is 38.0.